The fourth-order valence-electron chi connectivity index (χ4n) is 2.19. The molecule has 5 heteroatoms. The summed E-state index contributed by atoms with van der Waals surface area (Å²) in [4.78, 5) is 4.48. The van der Waals surface area contributed by atoms with E-state index in [1.165, 1.54) is 11.3 Å². The van der Waals surface area contributed by atoms with Gasteiger partial charge < -0.3 is 15.6 Å². The molecular weight excluding hydrogens is 308 g/mol. The van der Waals surface area contributed by atoms with Crippen molar-refractivity contribution < 1.29 is 9.84 Å². The van der Waals surface area contributed by atoms with Crippen molar-refractivity contribution in [2.24, 2.45) is 5.73 Å². The van der Waals surface area contributed by atoms with Crippen molar-refractivity contribution in [1.29, 1.82) is 0 Å². The van der Waals surface area contributed by atoms with Crippen molar-refractivity contribution in [2.75, 3.05) is 6.54 Å². The van der Waals surface area contributed by atoms with E-state index >= 15 is 0 Å². The molecular formula is C18H18N2O2S. The van der Waals surface area contributed by atoms with Crippen LogP contribution in [0.5, 0.6) is 5.75 Å². The van der Waals surface area contributed by atoms with Crippen LogP contribution in [0.3, 0.4) is 0 Å². The molecule has 0 saturated carbocycles. The molecule has 0 aliphatic rings. The van der Waals surface area contributed by atoms with Crippen molar-refractivity contribution in [2.45, 2.75) is 12.7 Å². The first-order valence-corrected chi connectivity index (χ1v) is 8.25. The summed E-state index contributed by atoms with van der Waals surface area (Å²) in [5.74, 6) is 0.777. The first kappa shape index (κ1) is 15.7. The molecule has 0 fully saturated rings. The molecule has 4 nitrogen and oxygen atoms in total. The summed E-state index contributed by atoms with van der Waals surface area (Å²) in [7, 11) is 0. The van der Waals surface area contributed by atoms with Crippen molar-refractivity contribution in [1.82, 2.24) is 4.98 Å². The Balaban J connectivity index is 1.81. The lowest BCUT2D eigenvalue weighted by Gasteiger charge is -2.10. The van der Waals surface area contributed by atoms with E-state index in [4.69, 9.17) is 10.5 Å². The molecule has 23 heavy (non-hydrogen) atoms. The SMILES string of the molecule is NCC(O)c1csc(-c2ccccc2OCc2ccccc2)n1. The van der Waals surface area contributed by atoms with Gasteiger partial charge in [0.25, 0.3) is 0 Å². The summed E-state index contributed by atoms with van der Waals surface area (Å²) < 4.78 is 5.95. The van der Waals surface area contributed by atoms with Gasteiger partial charge in [-0.2, -0.15) is 0 Å². The van der Waals surface area contributed by atoms with Crippen LogP contribution in [0.2, 0.25) is 0 Å². The summed E-state index contributed by atoms with van der Waals surface area (Å²) >= 11 is 1.48. The quantitative estimate of drug-likeness (QED) is 0.728. The Morgan fingerprint density at radius 3 is 2.61 bits per heavy atom. The van der Waals surface area contributed by atoms with Gasteiger partial charge in [-0.15, -0.1) is 11.3 Å². The van der Waals surface area contributed by atoms with E-state index in [1.54, 1.807) is 0 Å². The number of thiazole rings is 1. The first-order valence-electron chi connectivity index (χ1n) is 7.37. The molecule has 0 aliphatic heterocycles. The lowest BCUT2D eigenvalue weighted by molar-refractivity contribution is 0.182. The molecule has 2 aromatic carbocycles. The third kappa shape index (κ3) is 3.76. The number of hydrogen-bond acceptors (Lipinski definition) is 5. The number of para-hydroxylation sites is 1. The van der Waals surface area contributed by atoms with Gasteiger partial charge in [0.15, 0.2) is 0 Å². The van der Waals surface area contributed by atoms with Crippen molar-refractivity contribution >= 4 is 11.3 Å². The van der Waals surface area contributed by atoms with E-state index in [9.17, 15) is 5.11 Å². The summed E-state index contributed by atoms with van der Waals surface area (Å²) in [6.07, 6.45) is -0.725. The summed E-state index contributed by atoms with van der Waals surface area (Å²) in [5, 5.41) is 12.4. The lowest BCUT2D eigenvalue weighted by Crippen LogP contribution is -2.11. The van der Waals surface area contributed by atoms with Crippen LogP contribution in [0.15, 0.2) is 60.0 Å². The number of ether oxygens (including phenoxy) is 1. The highest BCUT2D eigenvalue weighted by molar-refractivity contribution is 7.13. The third-order valence-corrected chi connectivity index (χ3v) is 4.34. The van der Waals surface area contributed by atoms with Crippen LogP contribution in [-0.2, 0) is 6.61 Å². The zero-order chi connectivity index (χ0) is 16.1. The number of benzene rings is 2. The predicted octanol–water partition coefficient (Wildman–Crippen LogP) is 3.38. The molecule has 3 N–H and O–H groups in total. The molecule has 0 radical (unpaired) electrons. The van der Waals surface area contributed by atoms with E-state index in [0.717, 1.165) is 21.9 Å². The topological polar surface area (TPSA) is 68.4 Å². The van der Waals surface area contributed by atoms with E-state index in [2.05, 4.69) is 4.98 Å². The molecule has 1 atom stereocenters. The molecule has 0 saturated heterocycles. The van der Waals surface area contributed by atoms with E-state index < -0.39 is 6.10 Å². The van der Waals surface area contributed by atoms with Crippen LogP contribution >= 0.6 is 11.3 Å². The van der Waals surface area contributed by atoms with Gasteiger partial charge in [-0.25, -0.2) is 4.98 Å². The summed E-state index contributed by atoms with van der Waals surface area (Å²) in [5.41, 5.74) is 8.12. The van der Waals surface area contributed by atoms with Gasteiger partial charge in [0.1, 0.15) is 23.5 Å². The Kier molecular flexibility index (Phi) is 5.02. The molecule has 118 valence electrons. The maximum Gasteiger partial charge on any atom is 0.130 e. The van der Waals surface area contributed by atoms with Gasteiger partial charge >= 0.3 is 0 Å². The van der Waals surface area contributed by atoms with E-state index in [-0.39, 0.29) is 6.54 Å². The van der Waals surface area contributed by atoms with Crippen LogP contribution in [-0.4, -0.2) is 16.6 Å². The van der Waals surface area contributed by atoms with Gasteiger partial charge in [0.05, 0.1) is 11.3 Å². The number of rotatable bonds is 6. The largest absolute Gasteiger partial charge is 0.488 e. The fourth-order valence-corrected chi connectivity index (χ4v) is 3.08. The first-order chi connectivity index (χ1) is 11.3. The normalized spacial score (nSPS) is 12.1. The molecule has 0 bridgehead atoms. The van der Waals surface area contributed by atoms with Crippen LogP contribution in [0.25, 0.3) is 10.6 Å². The second kappa shape index (κ2) is 7.37. The monoisotopic (exact) mass is 326 g/mol. The predicted molar refractivity (Wildman–Crippen MR) is 92.3 cm³/mol. The Hall–Kier alpha value is -2.21. The fraction of sp³-hybridized carbons (Fsp3) is 0.167. The minimum atomic E-state index is -0.725. The van der Waals surface area contributed by atoms with E-state index in [1.807, 2.05) is 60.0 Å². The molecule has 1 aromatic heterocycles. The van der Waals surface area contributed by atoms with Gasteiger partial charge in [0, 0.05) is 11.9 Å². The number of nitrogens with two attached hydrogens (primary N) is 1. The Morgan fingerprint density at radius 1 is 1.09 bits per heavy atom. The van der Waals surface area contributed by atoms with Gasteiger partial charge in [-0.1, -0.05) is 42.5 Å². The summed E-state index contributed by atoms with van der Waals surface area (Å²) in [6, 6.07) is 17.8. The highest BCUT2D eigenvalue weighted by Gasteiger charge is 2.14. The maximum atomic E-state index is 9.80. The minimum Gasteiger partial charge on any atom is -0.488 e. The standard InChI is InChI=1S/C18H18N2O2S/c19-10-16(21)15-12-23-18(20-15)14-8-4-5-9-17(14)22-11-13-6-2-1-3-7-13/h1-9,12,16,21H,10-11,19H2. The van der Waals surface area contributed by atoms with Crippen molar-refractivity contribution in [3.63, 3.8) is 0 Å². The number of aliphatic hydroxyl groups is 1. The average molecular weight is 326 g/mol. The highest BCUT2D eigenvalue weighted by atomic mass is 32.1. The van der Waals surface area contributed by atoms with Gasteiger partial charge in [-0.05, 0) is 17.7 Å². The molecule has 3 aromatic rings. The highest BCUT2D eigenvalue weighted by Crippen LogP contribution is 2.33. The van der Waals surface area contributed by atoms with Crippen LogP contribution < -0.4 is 10.5 Å². The molecule has 0 amide bonds. The molecule has 0 spiro atoms. The molecule has 1 unspecified atom stereocenters. The number of nitrogens with zero attached hydrogens (tertiary/aromatic N) is 1. The number of aromatic nitrogens is 1. The maximum absolute atomic E-state index is 9.80. The number of aliphatic hydroxyl groups excluding tert-OH is 1. The summed E-state index contributed by atoms with van der Waals surface area (Å²) in [6.45, 7) is 0.664. The minimum absolute atomic E-state index is 0.162. The third-order valence-electron chi connectivity index (χ3n) is 3.44. The molecule has 1 heterocycles. The van der Waals surface area contributed by atoms with Crippen LogP contribution in [0.4, 0.5) is 0 Å². The van der Waals surface area contributed by atoms with Crippen molar-refractivity contribution in [3.8, 4) is 16.3 Å². The smallest absolute Gasteiger partial charge is 0.130 e. The zero-order valence-electron chi connectivity index (χ0n) is 12.6. The number of hydrogen-bond donors (Lipinski definition) is 2. The zero-order valence-corrected chi connectivity index (χ0v) is 13.4. The Labute approximate surface area is 139 Å². The van der Waals surface area contributed by atoms with Gasteiger partial charge in [0.2, 0.25) is 0 Å². The van der Waals surface area contributed by atoms with E-state index in [0.29, 0.717) is 12.3 Å². The molecule has 0 aliphatic carbocycles. The average Bonchev–Trinajstić information content (AvgIpc) is 3.10. The van der Waals surface area contributed by atoms with Crippen molar-refractivity contribution in [3.05, 3.63) is 71.2 Å². The van der Waals surface area contributed by atoms with Gasteiger partial charge in [-0.3, -0.25) is 0 Å². The Bertz CT molecular complexity index is 758. The van der Waals surface area contributed by atoms with Crippen LogP contribution in [0.1, 0.15) is 17.4 Å². The molecule has 3 rings (SSSR count). The Morgan fingerprint density at radius 2 is 1.83 bits per heavy atom. The second-order valence-electron chi connectivity index (χ2n) is 5.10. The second-order valence-corrected chi connectivity index (χ2v) is 5.96. The lowest BCUT2D eigenvalue weighted by atomic mass is 10.2. The van der Waals surface area contributed by atoms with Crippen LogP contribution in [0, 0.1) is 0 Å².